The highest BCUT2D eigenvalue weighted by molar-refractivity contribution is 5.72. The molecule has 0 radical (unpaired) electrons. The van der Waals surface area contributed by atoms with Crippen LogP contribution in [0.3, 0.4) is 0 Å². The van der Waals surface area contributed by atoms with Crippen molar-refractivity contribution in [2.75, 3.05) is 26.2 Å². The van der Waals surface area contributed by atoms with Gasteiger partial charge in [0.25, 0.3) is 5.56 Å². The average Bonchev–Trinajstić information content (AvgIpc) is 3.33. The third-order valence-electron chi connectivity index (χ3n) is 6.43. The lowest BCUT2D eigenvalue weighted by molar-refractivity contribution is 0.0838. The van der Waals surface area contributed by atoms with Crippen LogP contribution in [-0.2, 0) is 13.1 Å². The van der Waals surface area contributed by atoms with Gasteiger partial charge in [-0.1, -0.05) is 43.3 Å². The number of hydrogen-bond donors (Lipinski definition) is 1. The van der Waals surface area contributed by atoms with Gasteiger partial charge >= 0.3 is 0 Å². The Balaban J connectivity index is 1.41. The van der Waals surface area contributed by atoms with E-state index >= 15 is 0 Å². The van der Waals surface area contributed by atoms with Gasteiger partial charge in [0.15, 0.2) is 5.65 Å². The molecule has 0 amide bonds. The fourth-order valence-electron chi connectivity index (χ4n) is 4.68. The lowest BCUT2D eigenvalue weighted by Gasteiger charge is -2.39. The summed E-state index contributed by atoms with van der Waals surface area (Å²) in [5.74, 6) is 0.807. The number of nitrogens with one attached hydrogen (secondary N) is 1. The van der Waals surface area contributed by atoms with Gasteiger partial charge in [0.1, 0.15) is 11.2 Å². The molecule has 0 saturated carbocycles. The Kier molecular flexibility index (Phi) is 6.28. The predicted octanol–water partition coefficient (Wildman–Crippen LogP) is 2.83. The maximum Gasteiger partial charge on any atom is 0.265 e. The summed E-state index contributed by atoms with van der Waals surface area (Å²) in [7, 11) is 0. The standard InChI is InChI=1S/C25H29N7O/c1-2-22(31-14-12-30(13-15-31)18-20-10-6-7-11-26-20)24-28-23-21(16-27-29-23)25(33)32(24)17-19-8-4-3-5-9-19/h3-11,16,22H,2,12-15,17-18H2,1H3,(H,27,29). The van der Waals surface area contributed by atoms with Crippen LogP contribution in [0.25, 0.3) is 11.0 Å². The van der Waals surface area contributed by atoms with Gasteiger partial charge in [-0.3, -0.25) is 29.2 Å². The van der Waals surface area contributed by atoms with Gasteiger partial charge in [-0.25, -0.2) is 4.98 Å². The van der Waals surface area contributed by atoms with Crippen molar-refractivity contribution in [2.24, 2.45) is 0 Å². The zero-order valence-electron chi connectivity index (χ0n) is 18.9. The summed E-state index contributed by atoms with van der Waals surface area (Å²) in [4.78, 5) is 27.7. The minimum Gasteiger partial charge on any atom is -0.295 e. The minimum absolute atomic E-state index is 0.0418. The number of aromatic nitrogens is 5. The monoisotopic (exact) mass is 443 g/mol. The Hall–Kier alpha value is -3.36. The zero-order valence-corrected chi connectivity index (χ0v) is 18.9. The first-order valence-corrected chi connectivity index (χ1v) is 11.6. The first kappa shape index (κ1) is 21.5. The molecule has 0 spiro atoms. The van der Waals surface area contributed by atoms with E-state index in [2.05, 4.69) is 38.0 Å². The average molecular weight is 444 g/mol. The van der Waals surface area contributed by atoms with Crippen LogP contribution in [0.15, 0.2) is 65.7 Å². The number of rotatable bonds is 7. The van der Waals surface area contributed by atoms with Crippen molar-refractivity contribution in [1.82, 2.24) is 34.5 Å². The van der Waals surface area contributed by atoms with Gasteiger partial charge in [0, 0.05) is 38.9 Å². The lowest BCUT2D eigenvalue weighted by atomic mass is 10.1. The highest BCUT2D eigenvalue weighted by Gasteiger charge is 2.28. The Bertz CT molecular complexity index is 1240. The number of nitrogens with zero attached hydrogens (tertiary/aromatic N) is 6. The molecule has 3 aromatic heterocycles. The second kappa shape index (κ2) is 9.64. The van der Waals surface area contributed by atoms with E-state index in [9.17, 15) is 4.79 Å². The first-order chi connectivity index (χ1) is 16.2. The van der Waals surface area contributed by atoms with Crippen LogP contribution in [0.2, 0.25) is 0 Å². The fourth-order valence-corrected chi connectivity index (χ4v) is 4.68. The van der Waals surface area contributed by atoms with Crippen LogP contribution in [-0.4, -0.2) is 60.7 Å². The molecule has 1 saturated heterocycles. The van der Waals surface area contributed by atoms with Crippen molar-refractivity contribution in [2.45, 2.75) is 32.5 Å². The molecule has 4 heterocycles. The largest absolute Gasteiger partial charge is 0.295 e. The molecule has 1 fully saturated rings. The van der Waals surface area contributed by atoms with E-state index in [1.165, 1.54) is 0 Å². The number of benzene rings is 1. The summed E-state index contributed by atoms with van der Waals surface area (Å²) in [6.07, 6.45) is 4.30. The van der Waals surface area contributed by atoms with E-state index in [-0.39, 0.29) is 11.6 Å². The van der Waals surface area contributed by atoms with Crippen LogP contribution in [0, 0.1) is 0 Å². The van der Waals surface area contributed by atoms with Crippen LogP contribution in [0.5, 0.6) is 0 Å². The van der Waals surface area contributed by atoms with Gasteiger partial charge in [-0.2, -0.15) is 5.10 Å². The molecule has 1 N–H and O–H groups in total. The highest BCUT2D eigenvalue weighted by Crippen LogP contribution is 2.25. The molecule has 170 valence electrons. The van der Waals surface area contributed by atoms with Gasteiger partial charge < -0.3 is 0 Å². The van der Waals surface area contributed by atoms with Gasteiger partial charge in [0.05, 0.1) is 24.5 Å². The molecule has 8 nitrogen and oxygen atoms in total. The Morgan fingerprint density at radius 2 is 1.79 bits per heavy atom. The predicted molar refractivity (Wildman–Crippen MR) is 128 cm³/mol. The Morgan fingerprint density at radius 1 is 1.00 bits per heavy atom. The molecule has 5 rings (SSSR count). The maximum atomic E-state index is 13.4. The third kappa shape index (κ3) is 4.58. The first-order valence-electron chi connectivity index (χ1n) is 11.6. The summed E-state index contributed by atoms with van der Waals surface area (Å²) >= 11 is 0. The molecule has 1 unspecified atom stereocenters. The second-order valence-corrected chi connectivity index (χ2v) is 8.54. The summed E-state index contributed by atoms with van der Waals surface area (Å²) in [5, 5.41) is 7.50. The van der Waals surface area contributed by atoms with E-state index < -0.39 is 0 Å². The molecule has 1 atom stereocenters. The van der Waals surface area contributed by atoms with Crippen molar-refractivity contribution in [3.63, 3.8) is 0 Å². The molecule has 1 aliphatic rings. The number of H-pyrrole nitrogens is 1. The summed E-state index contributed by atoms with van der Waals surface area (Å²) in [5.41, 5.74) is 2.70. The second-order valence-electron chi connectivity index (χ2n) is 8.54. The number of fused-ring (bicyclic) bond motifs is 1. The third-order valence-corrected chi connectivity index (χ3v) is 6.43. The normalized spacial score (nSPS) is 16.3. The van der Waals surface area contributed by atoms with E-state index in [0.29, 0.717) is 17.6 Å². The van der Waals surface area contributed by atoms with Crippen LogP contribution in [0.4, 0.5) is 0 Å². The summed E-state index contributed by atoms with van der Waals surface area (Å²) in [6.45, 7) is 7.30. The Morgan fingerprint density at radius 3 is 2.52 bits per heavy atom. The van der Waals surface area contributed by atoms with Crippen molar-refractivity contribution in [3.05, 3.63) is 88.4 Å². The Labute approximate surface area is 192 Å². The lowest BCUT2D eigenvalue weighted by Crippen LogP contribution is -2.48. The topological polar surface area (TPSA) is 82.9 Å². The molecule has 0 bridgehead atoms. The smallest absolute Gasteiger partial charge is 0.265 e. The molecule has 33 heavy (non-hydrogen) atoms. The van der Waals surface area contributed by atoms with Crippen molar-refractivity contribution >= 4 is 11.0 Å². The molecule has 8 heteroatoms. The quantitative estimate of drug-likeness (QED) is 0.473. The molecule has 4 aromatic rings. The highest BCUT2D eigenvalue weighted by atomic mass is 16.1. The number of aromatic amines is 1. The maximum absolute atomic E-state index is 13.4. The minimum atomic E-state index is -0.0418. The molecule has 0 aliphatic carbocycles. The van der Waals surface area contributed by atoms with E-state index in [1.54, 1.807) is 6.20 Å². The number of piperazine rings is 1. The SMILES string of the molecule is CCC(c1nc2[nH]ncc2c(=O)n1Cc1ccccc1)N1CCN(Cc2ccccn2)CC1. The molecular weight excluding hydrogens is 414 g/mol. The van der Waals surface area contributed by atoms with E-state index in [4.69, 9.17) is 4.98 Å². The summed E-state index contributed by atoms with van der Waals surface area (Å²) < 4.78 is 1.83. The molecular formula is C25H29N7O. The van der Waals surface area contributed by atoms with E-state index in [1.807, 2.05) is 53.2 Å². The van der Waals surface area contributed by atoms with Crippen molar-refractivity contribution < 1.29 is 0 Å². The van der Waals surface area contributed by atoms with Crippen molar-refractivity contribution in [3.8, 4) is 0 Å². The molecule has 1 aromatic carbocycles. The summed E-state index contributed by atoms with van der Waals surface area (Å²) in [6, 6.07) is 16.2. The number of pyridine rings is 1. The van der Waals surface area contributed by atoms with E-state index in [0.717, 1.165) is 56.2 Å². The zero-order chi connectivity index (χ0) is 22.6. The van der Waals surface area contributed by atoms with Gasteiger partial charge in [-0.15, -0.1) is 0 Å². The van der Waals surface area contributed by atoms with Gasteiger partial charge in [-0.05, 0) is 24.1 Å². The van der Waals surface area contributed by atoms with Gasteiger partial charge in [0.2, 0.25) is 0 Å². The molecule has 1 aliphatic heterocycles. The van der Waals surface area contributed by atoms with Crippen LogP contribution in [0.1, 0.15) is 36.5 Å². The number of hydrogen-bond acceptors (Lipinski definition) is 6. The van der Waals surface area contributed by atoms with Crippen LogP contribution >= 0.6 is 0 Å². The van der Waals surface area contributed by atoms with Crippen molar-refractivity contribution in [1.29, 1.82) is 0 Å². The van der Waals surface area contributed by atoms with Crippen LogP contribution < -0.4 is 5.56 Å². The fraction of sp³-hybridized carbons (Fsp3) is 0.360.